The first-order valence-electron chi connectivity index (χ1n) is 10.8. The number of ether oxygens (including phenoxy) is 1. The number of para-hydroxylation sites is 1. The number of carbonyl (C=O) groups is 1. The number of fused-ring (bicyclic) bond motifs is 1. The van der Waals surface area contributed by atoms with Gasteiger partial charge >= 0.3 is 0 Å². The maximum absolute atomic E-state index is 12.8. The quantitative estimate of drug-likeness (QED) is 0.440. The highest BCUT2D eigenvalue weighted by molar-refractivity contribution is 7.99. The van der Waals surface area contributed by atoms with Crippen molar-refractivity contribution in [1.82, 2.24) is 24.6 Å². The summed E-state index contributed by atoms with van der Waals surface area (Å²) in [4.78, 5) is 18.0. The van der Waals surface area contributed by atoms with Gasteiger partial charge < -0.3 is 14.6 Å². The first-order chi connectivity index (χ1) is 15.7. The highest BCUT2D eigenvalue weighted by Crippen LogP contribution is 2.33. The number of aromatic amines is 1. The average molecular weight is 448 g/mol. The van der Waals surface area contributed by atoms with E-state index >= 15 is 0 Å². The van der Waals surface area contributed by atoms with Crippen molar-refractivity contribution in [2.75, 3.05) is 26.0 Å². The molecule has 7 nitrogen and oxygen atoms in total. The molecule has 1 fully saturated rings. The average Bonchev–Trinajstić information content (AvgIpc) is 3.47. The van der Waals surface area contributed by atoms with Crippen LogP contribution in [0.2, 0.25) is 0 Å². The summed E-state index contributed by atoms with van der Waals surface area (Å²) in [7, 11) is 1.65. The molecule has 1 N–H and O–H groups in total. The van der Waals surface area contributed by atoms with E-state index in [1.54, 1.807) is 7.11 Å². The number of rotatable bonds is 6. The van der Waals surface area contributed by atoms with Crippen molar-refractivity contribution in [1.29, 1.82) is 0 Å². The molecule has 164 valence electrons. The number of thioether (sulfide) groups is 1. The van der Waals surface area contributed by atoms with Crippen molar-refractivity contribution in [2.45, 2.75) is 24.4 Å². The normalized spacial score (nSPS) is 14.1. The Hall–Kier alpha value is -3.26. The third-order valence-electron chi connectivity index (χ3n) is 5.81. The zero-order chi connectivity index (χ0) is 21.9. The number of nitrogens with zero attached hydrogens (tertiary/aromatic N) is 4. The van der Waals surface area contributed by atoms with Crippen LogP contribution in [-0.4, -0.2) is 56.5 Å². The lowest BCUT2D eigenvalue weighted by Crippen LogP contribution is -2.36. The number of hydrogen-bond donors (Lipinski definition) is 1. The lowest BCUT2D eigenvalue weighted by atomic mass is 10.1. The first kappa shape index (κ1) is 20.6. The second-order valence-electron chi connectivity index (χ2n) is 7.82. The van der Waals surface area contributed by atoms with Gasteiger partial charge in [0.2, 0.25) is 5.91 Å². The second-order valence-corrected chi connectivity index (χ2v) is 8.76. The van der Waals surface area contributed by atoms with Gasteiger partial charge in [0.25, 0.3) is 0 Å². The van der Waals surface area contributed by atoms with E-state index in [4.69, 9.17) is 4.74 Å². The monoisotopic (exact) mass is 447 g/mol. The number of aromatic nitrogens is 4. The molecule has 3 heterocycles. The molecule has 0 spiro atoms. The van der Waals surface area contributed by atoms with Crippen LogP contribution in [0.25, 0.3) is 28.0 Å². The van der Waals surface area contributed by atoms with Gasteiger partial charge in [0.05, 0.1) is 18.6 Å². The number of methoxy groups -OCH3 is 1. The number of carbonyl (C=O) groups excluding carboxylic acids is 1. The van der Waals surface area contributed by atoms with Crippen LogP contribution in [0, 0.1) is 0 Å². The lowest BCUT2D eigenvalue weighted by Gasteiger charge is -2.26. The number of H-pyrrole nitrogens is 1. The molecular weight excluding hydrogens is 422 g/mol. The summed E-state index contributed by atoms with van der Waals surface area (Å²) in [6.45, 7) is 1.70. The number of piperidine rings is 1. The Morgan fingerprint density at radius 1 is 1.09 bits per heavy atom. The van der Waals surface area contributed by atoms with E-state index in [1.165, 1.54) is 18.2 Å². The highest BCUT2D eigenvalue weighted by atomic mass is 32.2. The van der Waals surface area contributed by atoms with Gasteiger partial charge in [-0.2, -0.15) is 0 Å². The van der Waals surface area contributed by atoms with Gasteiger partial charge in [-0.3, -0.25) is 9.36 Å². The Kier molecular flexibility index (Phi) is 5.85. The van der Waals surface area contributed by atoms with Crippen LogP contribution in [0.3, 0.4) is 0 Å². The van der Waals surface area contributed by atoms with Crippen molar-refractivity contribution < 1.29 is 9.53 Å². The molecule has 32 heavy (non-hydrogen) atoms. The summed E-state index contributed by atoms with van der Waals surface area (Å²) in [5.41, 5.74) is 2.89. The van der Waals surface area contributed by atoms with E-state index in [1.807, 2.05) is 58.1 Å². The summed E-state index contributed by atoms with van der Waals surface area (Å²) < 4.78 is 7.45. The number of nitrogens with one attached hydrogen (secondary N) is 1. The lowest BCUT2D eigenvalue weighted by molar-refractivity contribution is -0.129. The molecule has 2 aromatic carbocycles. The van der Waals surface area contributed by atoms with Crippen LogP contribution in [0.1, 0.15) is 19.3 Å². The predicted octanol–water partition coefficient (Wildman–Crippen LogP) is 4.53. The fraction of sp³-hybridized carbons (Fsp3) is 0.292. The summed E-state index contributed by atoms with van der Waals surface area (Å²) in [5, 5.41) is 10.8. The molecule has 4 aromatic rings. The van der Waals surface area contributed by atoms with Crippen molar-refractivity contribution in [3.63, 3.8) is 0 Å². The molecule has 1 aliphatic rings. The molecule has 0 aliphatic carbocycles. The number of hydrogen-bond acceptors (Lipinski definition) is 5. The fourth-order valence-corrected chi connectivity index (χ4v) is 4.99. The van der Waals surface area contributed by atoms with E-state index in [9.17, 15) is 4.79 Å². The largest absolute Gasteiger partial charge is 0.497 e. The Balaban J connectivity index is 1.53. The molecule has 2 aromatic heterocycles. The molecular formula is C24H25N5O2S. The van der Waals surface area contributed by atoms with Gasteiger partial charge in [-0.05, 0) is 37.5 Å². The summed E-state index contributed by atoms with van der Waals surface area (Å²) in [6, 6.07) is 15.9. The van der Waals surface area contributed by atoms with Crippen LogP contribution in [0.5, 0.6) is 5.75 Å². The van der Waals surface area contributed by atoms with Crippen molar-refractivity contribution in [2.24, 2.45) is 0 Å². The van der Waals surface area contributed by atoms with E-state index in [0.29, 0.717) is 10.9 Å². The highest BCUT2D eigenvalue weighted by Gasteiger charge is 2.22. The van der Waals surface area contributed by atoms with Crippen molar-refractivity contribution >= 4 is 28.6 Å². The molecule has 0 radical (unpaired) electrons. The maximum atomic E-state index is 12.8. The van der Waals surface area contributed by atoms with Crippen LogP contribution in [0.4, 0.5) is 0 Å². The summed E-state index contributed by atoms with van der Waals surface area (Å²) in [6.07, 6.45) is 5.33. The topological polar surface area (TPSA) is 76.0 Å². The van der Waals surface area contributed by atoms with Gasteiger partial charge in [0, 0.05) is 41.8 Å². The van der Waals surface area contributed by atoms with E-state index in [0.717, 1.165) is 59.7 Å². The third kappa shape index (κ3) is 3.98. The van der Waals surface area contributed by atoms with E-state index in [2.05, 4.69) is 21.2 Å². The number of benzene rings is 2. The molecule has 1 saturated heterocycles. The van der Waals surface area contributed by atoms with Gasteiger partial charge in [-0.1, -0.05) is 36.0 Å². The molecule has 0 saturated carbocycles. The molecule has 5 rings (SSSR count). The zero-order valence-corrected chi connectivity index (χ0v) is 18.8. The molecule has 0 bridgehead atoms. The fourth-order valence-electron chi connectivity index (χ4n) is 4.14. The summed E-state index contributed by atoms with van der Waals surface area (Å²) >= 11 is 1.43. The minimum atomic E-state index is 0.156. The minimum absolute atomic E-state index is 0.156. The first-order valence-corrected chi connectivity index (χ1v) is 11.8. The van der Waals surface area contributed by atoms with E-state index in [-0.39, 0.29) is 5.91 Å². The van der Waals surface area contributed by atoms with Crippen LogP contribution < -0.4 is 4.74 Å². The Morgan fingerprint density at radius 2 is 1.94 bits per heavy atom. The van der Waals surface area contributed by atoms with Gasteiger partial charge in [-0.25, -0.2) is 0 Å². The maximum Gasteiger partial charge on any atom is 0.233 e. The van der Waals surface area contributed by atoms with E-state index < -0.39 is 0 Å². The third-order valence-corrected chi connectivity index (χ3v) is 6.72. The number of amides is 1. The Bertz CT molecular complexity index is 1240. The molecule has 0 unspecified atom stereocenters. The SMILES string of the molecule is COc1cccc(-n2c(SCC(=O)N3CCCCC3)nnc2-c2c[nH]c3ccccc23)c1. The number of likely N-dealkylation sites (tertiary alicyclic amines) is 1. The van der Waals surface area contributed by atoms with Crippen molar-refractivity contribution in [3.8, 4) is 22.8 Å². The minimum Gasteiger partial charge on any atom is -0.497 e. The van der Waals surface area contributed by atoms with Crippen LogP contribution >= 0.6 is 11.8 Å². The summed E-state index contributed by atoms with van der Waals surface area (Å²) in [5.74, 6) is 1.98. The standard InChI is InChI=1S/C24H25N5O2S/c1-31-18-9-7-8-17(14-18)29-23(20-15-25-21-11-4-3-10-19(20)21)26-27-24(29)32-16-22(30)28-12-5-2-6-13-28/h3-4,7-11,14-15,25H,2,5-6,12-13,16H2,1H3. The van der Waals surface area contributed by atoms with Crippen LogP contribution in [0.15, 0.2) is 59.9 Å². The Labute approximate surface area is 190 Å². The van der Waals surface area contributed by atoms with Gasteiger partial charge in [0.1, 0.15) is 5.75 Å². The second kappa shape index (κ2) is 9.08. The Morgan fingerprint density at radius 3 is 2.78 bits per heavy atom. The molecule has 0 atom stereocenters. The molecule has 1 amide bonds. The molecule has 8 heteroatoms. The van der Waals surface area contributed by atoms with Gasteiger partial charge in [-0.15, -0.1) is 10.2 Å². The predicted molar refractivity (Wildman–Crippen MR) is 126 cm³/mol. The smallest absolute Gasteiger partial charge is 0.233 e. The van der Waals surface area contributed by atoms with Gasteiger partial charge in [0.15, 0.2) is 11.0 Å². The van der Waals surface area contributed by atoms with Crippen molar-refractivity contribution in [3.05, 3.63) is 54.7 Å². The molecule has 1 aliphatic heterocycles. The van der Waals surface area contributed by atoms with Crippen LogP contribution in [-0.2, 0) is 4.79 Å². The zero-order valence-electron chi connectivity index (χ0n) is 18.0.